The highest BCUT2D eigenvalue weighted by Crippen LogP contribution is 2.28. The van der Waals surface area contributed by atoms with Gasteiger partial charge in [-0.25, -0.2) is 0 Å². The Morgan fingerprint density at radius 3 is 2.31 bits per heavy atom. The van der Waals surface area contributed by atoms with Crippen LogP contribution < -0.4 is 5.32 Å². The fourth-order valence-corrected chi connectivity index (χ4v) is 2.18. The second kappa shape index (κ2) is 5.39. The van der Waals surface area contributed by atoms with Crippen molar-refractivity contribution in [3.05, 3.63) is 23.3 Å². The molecule has 0 aromatic carbocycles. The molecule has 2 atom stereocenters. The Labute approximate surface area is 98.7 Å². The summed E-state index contributed by atoms with van der Waals surface area (Å²) in [6.45, 7) is 10.7. The first-order chi connectivity index (χ1) is 7.47. The Kier molecular flexibility index (Phi) is 4.42. The van der Waals surface area contributed by atoms with Gasteiger partial charge in [0.2, 0.25) is 0 Å². The smallest absolute Gasteiger partial charge is 0.0667 e. The number of rotatable bonds is 4. The molecular formula is C13H23N3. The van der Waals surface area contributed by atoms with Crippen molar-refractivity contribution in [1.29, 1.82) is 0 Å². The third-order valence-corrected chi connectivity index (χ3v) is 3.14. The lowest BCUT2D eigenvalue weighted by Gasteiger charge is -2.27. The van der Waals surface area contributed by atoms with Crippen molar-refractivity contribution in [2.24, 2.45) is 5.92 Å². The molecule has 0 amide bonds. The number of likely N-dealkylation sites (N-methyl/N-ethyl adjacent to an activating group) is 1. The highest BCUT2D eigenvalue weighted by molar-refractivity contribution is 5.19. The van der Waals surface area contributed by atoms with Gasteiger partial charge in [0.15, 0.2) is 0 Å². The Morgan fingerprint density at radius 2 is 1.81 bits per heavy atom. The molecule has 0 radical (unpaired) electrons. The molecule has 0 spiro atoms. The van der Waals surface area contributed by atoms with Crippen LogP contribution in [0.1, 0.15) is 43.8 Å². The van der Waals surface area contributed by atoms with E-state index in [0.717, 1.165) is 17.1 Å². The molecule has 3 nitrogen and oxygen atoms in total. The van der Waals surface area contributed by atoms with E-state index >= 15 is 0 Å². The molecule has 0 saturated carbocycles. The second-order valence-electron chi connectivity index (χ2n) is 4.83. The van der Waals surface area contributed by atoms with Crippen molar-refractivity contribution in [3.8, 4) is 0 Å². The number of nitrogens with one attached hydrogen (secondary N) is 1. The summed E-state index contributed by atoms with van der Waals surface area (Å²) in [4.78, 5) is 9.07. The number of hydrogen-bond donors (Lipinski definition) is 1. The van der Waals surface area contributed by atoms with Gasteiger partial charge < -0.3 is 5.32 Å². The van der Waals surface area contributed by atoms with Crippen molar-refractivity contribution in [2.75, 3.05) is 7.05 Å². The summed E-state index contributed by atoms with van der Waals surface area (Å²) >= 11 is 0. The third-order valence-electron chi connectivity index (χ3n) is 3.14. The third kappa shape index (κ3) is 2.79. The van der Waals surface area contributed by atoms with Gasteiger partial charge in [0.1, 0.15) is 0 Å². The van der Waals surface area contributed by atoms with Gasteiger partial charge in [-0.15, -0.1) is 0 Å². The Morgan fingerprint density at radius 1 is 1.19 bits per heavy atom. The molecule has 0 fully saturated rings. The summed E-state index contributed by atoms with van der Waals surface area (Å²) in [5.74, 6) is 0.967. The summed E-state index contributed by atoms with van der Waals surface area (Å²) in [6, 6.07) is 0.412. The molecule has 90 valence electrons. The van der Waals surface area contributed by atoms with Crippen LogP contribution in [0.3, 0.4) is 0 Å². The number of hydrogen-bond acceptors (Lipinski definition) is 3. The van der Waals surface area contributed by atoms with Crippen molar-refractivity contribution < 1.29 is 0 Å². The molecule has 0 saturated heterocycles. The van der Waals surface area contributed by atoms with Crippen LogP contribution in [-0.2, 0) is 0 Å². The van der Waals surface area contributed by atoms with E-state index in [1.54, 1.807) is 0 Å². The molecule has 0 aliphatic heterocycles. The zero-order valence-corrected chi connectivity index (χ0v) is 11.2. The first kappa shape index (κ1) is 13.1. The van der Waals surface area contributed by atoms with Crippen LogP contribution in [0.5, 0.6) is 0 Å². The lowest BCUT2D eigenvalue weighted by Crippen LogP contribution is -2.33. The van der Waals surface area contributed by atoms with E-state index in [0.29, 0.717) is 17.9 Å². The first-order valence-corrected chi connectivity index (χ1v) is 5.94. The van der Waals surface area contributed by atoms with Gasteiger partial charge in [-0.1, -0.05) is 13.8 Å². The minimum Gasteiger partial charge on any atom is -0.317 e. The Hall–Kier alpha value is -0.960. The molecule has 1 aromatic rings. The van der Waals surface area contributed by atoms with Crippen LogP contribution >= 0.6 is 0 Å². The van der Waals surface area contributed by atoms with Crippen LogP contribution in [0.2, 0.25) is 0 Å². The van der Waals surface area contributed by atoms with Crippen LogP contribution in [0.25, 0.3) is 0 Å². The molecule has 1 N–H and O–H groups in total. The Bertz CT molecular complexity index is 347. The summed E-state index contributed by atoms with van der Waals surface area (Å²) in [5, 5.41) is 3.32. The molecule has 1 aromatic heterocycles. The van der Waals surface area contributed by atoms with Gasteiger partial charge >= 0.3 is 0 Å². The molecule has 3 heteroatoms. The maximum absolute atomic E-state index is 4.66. The predicted molar refractivity (Wildman–Crippen MR) is 67.6 cm³/mol. The number of aryl methyl sites for hydroxylation is 2. The molecule has 16 heavy (non-hydrogen) atoms. The maximum Gasteiger partial charge on any atom is 0.0667 e. The highest BCUT2D eigenvalue weighted by atomic mass is 14.9. The van der Waals surface area contributed by atoms with Crippen molar-refractivity contribution in [3.63, 3.8) is 0 Å². The standard InChI is InChI=1S/C13H23N3/c1-8(2)12(10(4)14-6)13-11(5)15-7-9(3)16-13/h7-8,10,12,14H,1-6H3. The molecule has 0 bridgehead atoms. The minimum absolute atomic E-state index is 0.412. The Balaban J connectivity index is 3.15. The van der Waals surface area contributed by atoms with Gasteiger partial charge in [0.25, 0.3) is 0 Å². The van der Waals surface area contributed by atoms with Gasteiger partial charge in [-0.2, -0.15) is 0 Å². The monoisotopic (exact) mass is 221 g/mol. The number of aromatic nitrogens is 2. The normalized spacial score (nSPS) is 15.2. The second-order valence-corrected chi connectivity index (χ2v) is 4.83. The topological polar surface area (TPSA) is 37.8 Å². The highest BCUT2D eigenvalue weighted by Gasteiger charge is 2.25. The fourth-order valence-electron chi connectivity index (χ4n) is 2.18. The fraction of sp³-hybridized carbons (Fsp3) is 0.692. The predicted octanol–water partition coefficient (Wildman–Crippen LogP) is 2.44. The summed E-state index contributed by atoms with van der Waals surface area (Å²) < 4.78 is 0. The lowest BCUT2D eigenvalue weighted by molar-refractivity contribution is 0.385. The zero-order valence-electron chi connectivity index (χ0n) is 11.2. The van der Waals surface area contributed by atoms with Crippen molar-refractivity contribution >= 4 is 0 Å². The molecule has 0 aliphatic carbocycles. The molecule has 1 rings (SSSR count). The van der Waals surface area contributed by atoms with Gasteiger partial charge in [0.05, 0.1) is 17.1 Å². The average molecular weight is 221 g/mol. The molecule has 1 heterocycles. The van der Waals surface area contributed by atoms with E-state index in [2.05, 4.69) is 36.1 Å². The largest absolute Gasteiger partial charge is 0.317 e. The molecule has 2 unspecified atom stereocenters. The van der Waals surface area contributed by atoms with Crippen LogP contribution in [-0.4, -0.2) is 23.1 Å². The summed E-state index contributed by atoms with van der Waals surface area (Å²) in [6.07, 6.45) is 1.83. The molecular weight excluding hydrogens is 198 g/mol. The summed E-state index contributed by atoms with van der Waals surface area (Å²) in [7, 11) is 2.00. The van der Waals surface area contributed by atoms with E-state index in [1.807, 2.05) is 27.1 Å². The SMILES string of the molecule is CNC(C)C(c1nc(C)cnc1C)C(C)C. The van der Waals surface area contributed by atoms with E-state index in [9.17, 15) is 0 Å². The van der Waals surface area contributed by atoms with Gasteiger partial charge in [0, 0.05) is 18.2 Å². The molecule has 0 aliphatic rings. The maximum atomic E-state index is 4.66. The van der Waals surface area contributed by atoms with Crippen molar-refractivity contribution in [1.82, 2.24) is 15.3 Å². The number of nitrogens with zero attached hydrogens (tertiary/aromatic N) is 2. The van der Waals surface area contributed by atoms with E-state index in [4.69, 9.17) is 0 Å². The first-order valence-electron chi connectivity index (χ1n) is 5.94. The average Bonchev–Trinajstić information content (AvgIpc) is 2.22. The quantitative estimate of drug-likeness (QED) is 0.848. The zero-order chi connectivity index (χ0) is 12.3. The van der Waals surface area contributed by atoms with E-state index in [-0.39, 0.29) is 0 Å². The lowest BCUT2D eigenvalue weighted by atomic mass is 9.85. The van der Waals surface area contributed by atoms with Crippen molar-refractivity contribution in [2.45, 2.75) is 46.6 Å². The van der Waals surface area contributed by atoms with Crippen LogP contribution in [0.15, 0.2) is 6.20 Å². The van der Waals surface area contributed by atoms with Gasteiger partial charge in [-0.05, 0) is 33.7 Å². The van der Waals surface area contributed by atoms with E-state index < -0.39 is 0 Å². The van der Waals surface area contributed by atoms with Crippen LogP contribution in [0.4, 0.5) is 0 Å². The van der Waals surface area contributed by atoms with Crippen LogP contribution in [0, 0.1) is 19.8 Å². The van der Waals surface area contributed by atoms with E-state index in [1.165, 1.54) is 0 Å². The van der Waals surface area contributed by atoms with Gasteiger partial charge in [-0.3, -0.25) is 9.97 Å². The summed E-state index contributed by atoms with van der Waals surface area (Å²) in [5.41, 5.74) is 3.18. The minimum atomic E-state index is 0.412.